The number of halogens is 1. The molecule has 13 heavy (non-hydrogen) atoms. The van der Waals surface area contributed by atoms with Gasteiger partial charge >= 0.3 is 0 Å². The van der Waals surface area contributed by atoms with E-state index < -0.39 is 0 Å². The third-order valence-corrected chi connectivity index (χ3v) is 1.75. The molecule has 1 aromatic heterocycles. The van der Waals surface area contributed by atoms with Crippen LogP contribution < -0.4 is 5.32 Å². The number of nitrogens with one attached hydrogen (secondary N) is 1. The zero-order valence-corrected chi connectivity index (χ0v) is 8.84. The SMILES string of the molecule is C=C(Br)CNC(=O)c1nccn1C. The van der Waals surface area contributed by atoms with Crippen LogP contribution in [0.1, 0.15) is 10.6 Å². The Morgan fingerprint density at radius 2 is 2.54 bits per heavy atom. The molecule has 0 aliphatic carbocycles. The van der Waals surface area contributed by atoms with Crippen LogP contribution in [0.3, 0.4) is 0 Å². The number of amides is 1. The molecule has 1 N–H and O–H groups in total. The van der Waals surface area contributed by atoms with Crippen molar-refractivity contribution in [2.45, 2.75) is 0 Å². The molecule has 0 atom stereocenters. The maximum Gasteiger partial charge on any atom is 0.287 e. The van der Waals surface area contributed by atoms with E-state index in [9.17, 15) is 4.79 Å². The molecular weight excluding hydrogens is 234 g/mol. The second-order valence-corrected chi connectivity index (χ2v) is 3.68. The van der Waals surface area contributed by atoms with Crippen molar-refractivity contribution in [3.63, 3.8) is 0 Å². The lowest BCUT2D eigenvalue weighted by atomic mass is 10.5. The summed E-state index contributed by atoms with van der Waals surface area (Å²) in [6, 6.07) is 0. The van der Waals surface area contributed by atoms with E-state index in [1.54, 1.807) is 24.0 Å². The highest BCUT2D eigenvalue weighted by atomic mass is 79.9. The van der Waals surface area contributed by atoms with E-state index in [0.717, 1.165) is 4.48 Å². The summed E-state index contributed by atoms with van der Waals surface area (Å²) in [7, 11) is 1.77. The Hall–Kier alpha value is -1.10. The fraction of sp³-hybridized carbons (Fsp3) is 0.250. The van der Waals surface area contributed by atoms with E-state index in [-0.39, 0.29) is 5.91 Å². The summed E-state index contributed by atoms with van der Waals surface area (Å²) in [6.45, 7) is 4.01. The second-order valence-electron chi connectivity index (χ2n) is 2.56. The largest absolute Gasteiger partial charge is 0.345 e. The molecule has 0 saturated carbocycles. The lowest BCUT2D eigenvalue weighted by Crippen LogP contribution is -2.27. The van der Waals surface area contributed by atoms with E-state index in [1.165, 1.54) is 0 Å². The van der Waals surface area contributed by atoms with Crippen LogP contribution in [0.15, 0.2) is 23.5 Å². The smallest absolute Gasteiger partial charge is 0.287 e. The molecule has 0 bridgehead atoms. The maximum absolute atomic E-state index is 11.4. The molecule has 1 rings (SSSR count). The van der Waals surface area contributed by atoms with Gasteiger partial charge in [0.1, 0.15) is 0 Å². The van der Waals surface area contributed by atoms with Gasteiger partial charge in [-0.25, -0.2) is 4.98 Å². The molecule has 4 nitrogen and oxygen atoms in total. The van der Waals surface area contributed by atoms with Crippen LogP contribution in [0.4, 0.5) is 0 Å². The molecule has 0 radical (unpaired) electrons. The van der Waals surface area contributed by atoms with Crippen molar-refractivity contribution in [1.82, 2.24) is 14.9 Å². The number of aryl methyl sites for hydroxylation is 1. The molecular formula is C8H10BrN3O. The van der Waals surface area contributed by atoms with Gasteiger partial charge in [-0.3, -0.25) is 4.79 Å². The first kappa shape index (κ1) is 9.98. The first-order valence-electron chi connectivity index (χ1n) is 3.70. The van der Waals surface area contributed by atoms with Gasteiger partial charge < -0.3 is 9.88 Å². The van der Waals surface area contributed by atoms with E-state index >= 15 is 0 Å². The topological polar surface area (TPSA) is 46.9 Å². The van der Waals surface area contributed by atoms with Crippen molar-refractivity contribution in [1.29, 1.82) is 0 Å². The normalized spacial score (nSPS) is 9.69. The van der Waals surface area contributed by atoms with E-state index in [1.807, 2.05) is 0 Å². The maximum atomic E-state index is 11.4. The molecule has 0 spiro atoms. The zero-order chi connectivity index (χ0) is 9.84. The Kier molecular flexibility index (Phi) is 3.25. The first-order valence-corrected chi connectivity index (χ1v) is 4.49. The standard InChI is InChI=1S/C8H10BrN3O/c1-6(9)5-11-8(13)7-10-3-4-12(7)2/h3-4H,1,5H2,2H3,(H,11,13). The Bertz CT molecular complexity index is 332. The summed E-state index contributed by atoms with van der Waals surface area (Å²) < 4.78 is 2.39. The summed E-state index contributed by atoms with van der Waals surface area (Å²) in [5, 5.41) is 2.66. The summed E-state index contributed by atoms with van der Waals surface area (Å²) in [5.41, 5.74) is 0. The summed E-state index contributed by atoms with van der Waals surface area (Å²) >= 11 is 3.15. The molecule has 5 heteroatoms. The van der Waals surface area contributed by atoms with Gasteiger partial charge in [-0.1, -0.05) is 22.5 Å². The molecule has 0 aliphatic rings. The minimum absolute atomic E-state index is 0.201. The van der Waals surface area contributed by atoms with E-state index in [4.69, 9.17) is 0 Å². The second kappa shape index (κ2) is 4.23. The Labute approximate surface area is 84.8 Å². The van der Waals surface area contributed by atoms with Gasteiger partial charge in [0, 0.05) is 30.5 Å². The molecule has 0 aromatic carbocycles. The third kappa shape index (κ3) is 2.69. The molecule has 1 amide bonds. The summed E-state index contributed by atoms with van der Waals surface area (Å²) in [4.78, 5) is 15.3. The molecule has 0 fully saturated rings. The van der Waals surface area contributed by atoms with Crippen LogP contribution in [0.5, 0.6) is 0 Å². The quantitative estimate of drug-likeness (QED) is 0.864. The van der Waals surface area contributed by atoms with Crippen molar-refractivity contribution < 1.29 is 4.79 Å². The number of rotatable bonds is 3. The average Bonchev–Trinajstić information content (AvgIpc) is 2.47. The van der Waals surface area contributed by atoms with Crippen molar-refractivity contribution in [3.05, 3.63) is 29.3 Å². The number of imidazole rings is 1. The van der Waals surface area contributed by atoms with Crippen LogP contribution >= 0.6 is 15.9 Å². The summed E-state index contributed by atoms with van der Waals surface area (Å²) in [6.07, 6.45) is 3.30. The highest BCUT2D eigenvalue weighted by Gasteiger charge is 2.09. The monoisotopic (exact) mass is 243 g/mol. The number of carbonyl (C=O) groups excluding carboxylic acids is 1. The number of hydrogen-bond donors (Lipinski definition) is 1. The van der Waals surface area contributed by atoms with Gasteiger partial charge in [0.15, 0.2) is 5.82 Å². The number of carbonyl (C=O) groups is 1. The lowest BCUT2D eigenvalue weighted by Gasteiger charge is -2.02. The number of hydrogen-bond acceptors (Lipinski definition) is 2. The van der Waals surface area contributed by atoms with Crippen molar-refractivity contribution in [2.75, 3.05) is 6.54 Å². The van der Waals surface area contributed by atoms with Gasteiger partial charge in [0.05, 0.1) is 0 Å². The first-order chi connectivity index (χ1) is 6.11. The molecule has 1 heterocycles. The molecule has 0 aliphatic heterocycles. The van der Waals surface area contributed by atoms with Crippen molar-refractivity contribution >= 4 is 21.8 Å². The highest BCUT2D eigenvalue weighted by Crippen LogP contribution is 1.98. The minimum atomic E-state index is -0.201. The molecule has 0 unspecified atom stereocenters. The van der Waals surface area contributed by atoms with Gasteiger partial charge in [0.2, 0.25) is 0 Å². The van der Waals surface area contributed by atoms with E-state index in [0.29, 0.717) is 12.4 Å². The van der Waals surface area contributed by atoms with Crippen LogP contribution in [0.2, 0.25) is 0 Å². The zero-order valence-electron chi connectivity index (χ0n) is 7.25. The lowest BCUT2D eigenvalue weighted by molar-refractivity contribution is 0.0944. The third-order valence-electron chi connectivity index (χ3n) is 1.47. The highest BCUT2D eigenvalue weighted by molar-refractivity contribution is 9.11. The average molecular weight is 244 g/mol. The molecule has 1 aromatic rings. The van der Waals surface area contributed by atoms with E-state index in [2.05, 4.69) is 32.8 Å². The van der Waals surface area contributed by atoms with Gasteiger partial charge in [-0.15, -0.1) is 0 Å². The van der Waals surface area contributed by atoms with Crippen LogP contribution in [0, 0.1) is 0 Å². The van der Waals surface area contributed by atoms with Crippen molar-refractivity contribution in [2.24, 2.45) is 7.05 Å². The predicted octanol–water partition coefficient (Wildman–Crippen LogP) is 1.06. The fourth-order valence-electron chi connectivity index (χ4n) is 0.840. The van der Waals surface area contributed by atoms with Gasteiger partial charge in [-0.05, 0) is 0 Å². The predicted molar refractivity (Wildman–Crippen MR) is 53.6 cm³/mol. The van der Waals surface area contributed by atoms with Crippen LogP contribution in [-0.4, -0.2) is 22.0 Å². The van der Waals surface area contributed by atoms with Crippen molar-refractivity contribution in [3.8, 4) is 0 Å². The number of aromatic nitrogens is 2. The number of nitrogens with zero attached hydrogens (tertiary/aromatic N) is 2. The van der Waals surface area contributed by atoms with Crippen LogP contribution in [0.25, 0.3) is 0 Å². The Balaban J connectivity index is 2.59. The molecule has 70 valence electrons. The van der Waals surface area contributed by atoms with Gasteiger partial charge in [0.25, 0.3) is 5.91 Å². The fourth-order valence-corrected chi connectivity index (χ4v) is 0.980. The van der Waals surface area contributed by atoms with Gasteiger partial charge in [-0.2, -0.15) is 0 Å². The Morgan fingerprint density at radius 3 is 3.00 bits per heavy atom. The Morgan fingerprint density at radius 1 is 1.85 bits per heavy atom. The minimum Gasteiger partial charge on any atom is -0.345 e. The summed E-state index contributed by atoms with van der Waals surface area (Å²) in [5.74, 6) is 0.196. The van der Waals surface area contributed by atoms with Crippen LogP contribution in [-0.2, 0) is 7.05 Å². The molecule has 0 saturated heterocycles.